The summed E-state index contributed by atoms with van der Waals surface area (Å²) in [5.41, 5.74) is 1.61. The molecule has 0 aliphatic heterocycles. The molecule has 0 fully saturated rings. The highest BCUT2D eigenvalue weighted by molar-refractivity contribution is 7.92. The highest BCUT2D eigenvalue weighted by Gasteiger charge is 2.12. The molecule has 0 aromatic carbocycles. The van der Waals surface area contributed by atoms with Crippen LogP contribution >= 0.6 is 0 Å². The van der Waals surface area contributed by atoms with Crippen LogP contribution in [0.15, 0.2) is 36.7 Å². The van der Waals surface area contributed by atoms with Gasteiger partial charge in [-0.3, -0.25) is 4.72 Å². The minimum Gasteiger partial charge on any atom is -0.337 e. The van der Waals surface area contributed by atoms with Crippen LogP contribution in [0.2, 0.25) is 0 Å². The van der Waals surface area contributed by atoms with Crippen molar-refractivity contribution in [2.45, 2.75) is 19.8 Å². The van der Waals surface area contributed by atoms with E-state index in [4.69, 9.17) is 0 Å². The summed E-state index contributed by atoms with van der Waals surface area (Å²) in [5, 5.41) is 3.14. The van der Waals surface area contributed by atoms with E-state index in [1.165, 1.54) is 6.20 Å². The molecule has 0 unspecified atom stereocenters. The van der Waals surface area contributed by atoms with E-state index >= 15 is 0 Å². The molecule has 0 spiro atoms. The first-order chi connectivity index (χ1) is 9.87. The van der Waals surface area contributed by atoms with E-state index in [9.17, 15) is 8.42 Å². The molecule has 0 bridgehead atoms. The van der Waals surface area contributed by atoms with Gasteiger partial charge < -0.3 is 5.32 Å². The fraction of sp³-hybridized carbons (Fsp3) is 0.286. The zero-order chi connectivity index (χ0) is 15.5. The Morgan fingerprint density at radius 2 is 1.67 bits per heavy atom. The normalized spacial score (nSPS) is 11.4. The molecule has 2 rings (SSSR count). The molecule has 7 heteroatoms. The van der Waals surface area contributed by atoms with E-state index in [0.29, 0.717) is 17.4 Å². The Bertz CT molecular complexity index is 729. The largest absolute Gasteiger partial charge is 0.337 e. The van der Waals surface area contributed by atoms with Crippen molar-refractivity contribution in [2.24, 2.45) is 0 Å². The maximum Gasteiger partial charge on any atom is 0.231 e. The molecule has 0 saturated carbocycles. The Hall–Kier alpha value is -2.15. The van der Waals surface area contributed by atoms with Gasteiger partial charge in [0.15, 0.2) is 5.82 Å². The van der Waals surface area contributed by atoms with Crippen LogP contribution in [0.1, 0.15) is 25.3 Å². The van der Waals surface area contributed by atoms with Crippen molar-refractivity contribution in [3.8, 4) is 0 Å². The maximum absolute atomic E-state index is 11.4. The Morgan fingerprint density at radius 3 is 2.29 bits per heavy atom. The average molecular weight is 306 g/mol. The van der Waals surface area contributed by atoms with Crippen molar-refractivity contribution in [2.75, 3.05) is 16.3 Å². The molecule has 112 valence electrons. The second kappa shape index (κ2) is 6.09. The highest BCUT2D eigenvalue weighted by atomic mass is 32.2. The van der Waals surface area contributed by atoms with Crippen molar-refractivity contribution in [1.82, 2.24) is 9.97 Å². The fourth-order valence-corrected chi connectivity index (χ4v) is 2.39. The van der Waals surface area contributed by atoms with Crippen molar-refractivity contribution in [3.05, 3.63) is 42.2 Å². The van der Waals surface area contributed by atoms with Gasteiger partial charge in [-0.15, -0.1) is 0 Å². The topological polar surface area (TPSA) is 84.0 Å². The van der Waals surface area contributed by atoms with Crippen LogP contribution in [0.4, 0.5) is 17.3 Å². The third kappa shape index (κ3) is 4.16. The van der Waals surface area contributed by atoms with Gasteiger partial charge >= 0.3 is 0 Å². The van der Waals surface area contributed by atoms with Gasteiger partial charge in [-0.1, -0.05) is 19.9 Å². The predicted octanol–water partition coefficient (Wildman–Crippen LogP) is 2.72. The summed E-state index contributed by atoms with van der Waals surface area (Å²) in [7, 11) is -3.39. The third-order valence-electron chi connectivity index (χ3n) is 2.80. The number of rotatable bonds is 5. The number of sulfonamides is 1. The molecule has 0 radical (unpaired) electrons. The van der Waals surface area contributed by atoms with Gasteiger partial charge in [0.05, 0.1) is 11.9 Å². The number of hydrogen-bond donors (Lipinski definition) is 2. The molecule has 0 aliphatic rings. The first-order valence-corrected chi connectivity index (χ1v) is 8.40. The monoisotopic (exact) mass is 306 g/mol. The maximum atomic E-state index is 11.4. The molecule has 2 aromatic rings. The molecule has 0 amide bonds. The fourth-order valence-electron chi connectivity index (χ4n) is 1.88. The number of nitrogens with one attached hydrogen (secondary N) is 2. The SMILES string of the molecule is CC(C)c1cccnc1Nc1cccnc1NS(C)(=O)=O. The van der Waals surface area contributed by atoms with Gasteiger partial charge in [-0.2, -0.15) is 0 Å². The number of pyridine rings is 2. The van der Waals surface area contributed by atoms with Crippen molar-refractivity contribution in [3.63, 3.8) is 0 Å². The second-order valence-corrected chi connectivity index (χ2v) is 6.74. The lowest BCUT2D eigenvalue weighted by atomic mass is 10.0. The first-order valence-electron chi connectivity index (χ1n) is 6.51. The van der Waals surface area contributed by atoms with E-state index < -0.39 is 10.0 Å². The Kier molecular flexibility index (Phi) is 4.42. The lowest BCUT2D eigenvalue weighted by Gasteiger charge is -2.15. The molecule has 21 heavy (non-hydrogen) atoms. The predicted molar refractivity (Wildman–Crippen MR) is 84.3 cm³/mol. The van der Waals surface area contributed by atoms with Gasteiger partial charge in [0.25, 0.3) is 0 Å². The minimum absolute atomic E-state index is 0.250. The van der Waals surface area contributed by atoms with E-state index in [1.807, 2.05) is 12.1 Å². The minimum atomic E-state index is -3.39. The van der Waals surface area contributed by atoms with Gasteiger partial charge in [0.2, 0.25) is 10.0 Å². The quantitative estimate of drug-likeness (QED) is 0.887. The lowest BCUT2D eigenvalue weighted by molar-refractivity contribution is 0.606. The molecule has 0 saturated heterocycles. The average Bonchev–Trinajstić information content (AvgIpc) is 2.40. The number of anilines is 3. The molecular weight excluding hydrogens is 288 g/mol. The summed E-state index contributed by atoms with van der Waals surface area (Å²) < 4.78 is 25.2. The Balaban J connectivity index is 2.37. The van der Waals surface area contributed by atoms with Crippen LogP contribution in [-0.4, -0.2) is 24.6 Å². The van der Waals surface area contributed by atoms with E-state index in [-0.39, 0.29) is 5.82 Å². The van der Waals surface area contributed by atoms with Crippen LogP contribution in [0, 0.1) is 0 Å². The van der Waals surface area contributed by atoms with E-state index in [0.717, 1.165) is 11.8 Å². The highest BCUT2D eigenvalue weighted by Crippen LogP contribution is 2.27. The van der Waals surface area contributed by atoms with Crippen molar-refractivity contribution < 1.29 is 8.42 Å². The van der Waals surface area contributed by atoms with Crippen LogP contribution < -0.4 is 10.0 Å². The first kappa shape index (κ1) is 15.2. The van der Waals surface area contributed by atoms with Crippen molar-refractivity contribution in [1.29, 1.82) is 0 Å². The lowest BCUT2D eigenvalue weighted by Crippen LogP contribution is -2.12. The molecule has 2 N–H and O–H groups in total. The second-order valence-electron chi connectivity index (χ2n) is 4.99. The van der Waals surface area contributed by atoms with Crippen LogP contribution in [-0.2, 0) is 10.0 Å². The summed E-state index contributed by atoms with van der Waals surface area (Å²) in [6.07, 6.45) is 4.31. The molecule has 2 heterocycles. The number of nitrogens with zero attached hydrogens (tertiary/aromatic N) is 2. The van der Waals surface area contributed by atoms with Gasteiger partial charge in [-0.05, 0) is 29.7 Å². The Labute approximate surface area is 124 Å². The van der Waals surface area contributed by atoms with Gasteiger partial charge in [0.1, 0.15) is 5.82 Å². The number of hydrogen-bond acceptors (Lipinski definition) is 5. The smallest absolute Gasteiger partial charge is 0.231 e. The van der Waals surface area contributed by atoms with Crippen LogP contribution in [0.5, 0.6) is 0 Å². The molecule has 2 aromatic heterocycles. The molecular formula is C14H18N4O2S. The standard InChI is InChI=1S/C14H18N4O2S/c1-10(2)11-6-4-8-15-13(11)17-12-7-5-9-16-14(12)18-21(3,19)20/h4-10H,1-3H3,(H,15,17)(H,16,18). The van der Waals surface area contributed by atoms with Gasteiger partial charge in [-0.25, -0.2) is 18.4 Å². The Morgan fingerprint density at radius 1 is 1.05 bits per heavy atom. The van der Waals surface area contributed by atoms with Crippen molar-refractivity contribution >= 4 is 27.3 Å². The molecule has 0 atom stereocenters. The number of aromatic nitrogens is 2. The summed E-state index contributed by atoms with van der Waals surface area (Å²) >= 11 is 0. The van der Waals surface area contributed by atoms with E-state index in [2.05, 4.69) is 33.9 Å². The van der Waals surface area contributed by atoms with E-state index in [1.54, 1.807) is 18.3 Å². The zero-order valence-corrected chi connectivity index (χ0v) is 13.0. The van der Waals surface area contributed by atoms with Crippen LogP contribution in [0.25, 0.3) is 0 Å². The summed E-state index contributed by atoms with van der Waals surface area (Å²) in [6, 6.07) is 7.34. The third-order valence-corrected chi connectivity index (χ3v) is 3.37. The van der Waals surface area contributed by atoms with Gasteiger partial charge in [0, 0.05) is 12.4 Å². The summed E-state index contributed by atoms with van der Waals surface area (Å²) in [4.78, 5) is 8.37. The molecule has 6 nitrogen and oxygen atoms in total. The zero-order valence-electron chi connectivity index (χ0n) is 12.2. The summed E-state index contributed by atoms with van der Waals surface area (Å²) in [5.74, 6) is 1.24. The molecule has 0 aliphatic carbocycles. The van der Waals surface area contributed by atoms with Crippen LogP contribution in [0.3, 0.4) is 0 Å². The summed E-state index contributed by atoms with van der Waals surface area (Å²) in [6.45, 7) is 4.14.